The van der Waals surface area contributed by atoms with Crippen molar-refractivity contribution in [2.45, 2.75) is 63.1 Å². The zero-order chi connectivity index (χ0) is 23.2. The van der Waals surface area contributed by atoms with Crippen molar-refractivity contribution in [1.29, 1.82) is 0 Å². The maximum absolute atomic E-state index is 13.0. The summed E-state index contributed by atoms with van der Waals surface area (Å²) in [6.45, 7) is 1.89. The topological polar surface area (TPSA) is 113 Å². The third kappa shape index (κ3) is 4.45. The highest BCUT2D eigenvalue weighted by Crippen LogP contribution is 2.36. The Hall–Kier alpha value is -3.33. The van der Waals surface area contributed by atoms with Gasteiger partial charge < -0.3 is 20.4 Å². The molecule has 0 unspecified atom stereocenters. The molecule has 2 saturated carbocycles. The van der Waals surface area contributed by atoms with Gasteiger partial charge in [0.1, 0.15) is 5.75 Å². The van der Waals surface area contributed by atoms with Gasteiger partial charge in [-0.15, -0.1) is 0 Å². The number of aromatic nitrogens is 3. The Balaban J connectivity index is 1.39. The largest absolute Gasteiger partial charge is 0.494 e. The van der Waals surface area contributed by atoms with Crippen molar-refractivity contribution < 1.29 is 24.6 Å². The van der Waals surface area contributed by atoms with Gasteiger partial charge in [-0.2, -0.15) is 5.10 Å². The second kappa shape index (κ2) is 8.22. The van der Waals surface area contributed by atoms with Crippen molar-refractivity contribution in [1.82, 2.24) is 9.78 Å². The average molecular weight is 453 g/mol. The number of aliphatic hydroxyl groups is 1. The lowest BCUT2D eigenvalue weighted by Crippen LogP contribution is -2.42. The number of pyridine rings is 1. The first-order valence-electron chi connectivity index (χ1n) is 11.4. The minimum Gasteiger partial charge on any atom is -0.494 e. The number of fused-ring (bicyclic) bond motifs is 1. The quantitative estimate of drug-likeness (QED) is 0.337. The number of carbonyl (C=O) groups excluding carboxylic acids is 1. The first kappa shape index (κ1) is 21.5. The third-order valence-electron chi connectivity index (χ3n) is 6.62. The number of nitrogens with zero attached hydrogens (tertiary/aromatic N) is 3. The fourth-order valence-corrected chi connectivity index (χ4v) is 4.42. The summed E-state index contributed by atoms with van der Waals surface area (Å²) in [5, 5.41) is 32.4. The predicted molar refractivity (Wildman–Crippen MR) is 123 cm³/mol. The molecular weight excluding hydrogens is 422 g/mol. The van der Waals surface area contributed by atoms with Crippen molar-refractivity contribution in [2.24, 2.45) is 0 Å². The number of hydrogen-bond donors (Lipinski definition) is 4. The molecule has 4 N–H and O–H groups in total. The first-order valence-corrected chi connectivity index (χ1v) is 11.4. The molecule has 0 radical (unpaired) electrons. The molecule has 33 heavy (non-hydrogen) atoms. The zero-order valence-electron chi connectivity index (χ0n) is 18.9. The summed E-state index contributed by atoms with van der Waals surface area (Å²) in [6, 6.07) is 9.25. The summed E-state index contributed by atoms with van der Waals surface area (Å²) in [5.74, 6) is 0.529. The molecule has 174 valence electrons. The Labute approximate surface area is 191 Å². The molecule has 2 aromatic heterocycles. The highest BCUT2D eigenvalue weighted by Gasteiger charge is 2.31. The van der Waals surface area contributed by atoms with Gasteiger partial charge >= 0.3 is 5.82 Å². The molecule has 0 atom stereocenters. The second-order valence-corrected chi connectivity index (χ2v) is 9.43. The van der Waals surface area contributed by atoms with Gasteiger partial charge in [-0.1, -0.05) is 0 Å². The number of amides is 1. The molecule has 1 aromatic carbocycles. The van der Waals surface area contributed by atoms with Crippen LogP contribution in [0.4, 0.5) is 11.5 Å². The second-order valence-electron chi connectivity index (χ2n) is 9.43. The van der Waals surface area contributed by atoms with Crippen molar-refractivity contribution in [3.8, 4) is 5.75 Å². The Morgan fingerprint density at radius 1 is 1.24 bits per heavy atom. The smallest absolute Gasteiger partial charge is 0.315 e. The molecule has 0 saturated heterocycles. The van der Waals surface area contributed by atoms with E-state index < -0.39 is 11.5 Å². The summed E-state index contributed by atoms with van der Waals surface area (Å²) < 4.78 is 8.35. The number of ether oxygens (including phenoxy) is 1. The lowest BCUT2D eigenvalue weighted by atomic mass is 9.84. The standard InChI is InChI=1S/C24H29N5O4/c1-24(31)10-8-17(9-11-24)28-14-15-12-19(21(33-2)13-18(15)27-28)26-23(30)20-4-3-5-22(29(20)32)25-16-6-7-16/h3-5,12-14,16-17,31-32H,6-11H2,1-2H3,(H,26,30)/p+1/t17-,24-. The number of anilines is 2. The summed E-state index contributed by atoms with van der Waals surface area (Å²) in [4.78, 5) is 13.0. The summed E-state index contributed by atoms with van der Waals surface area (Å²) in [7, 11) is 1.55. The number of hydrogen-bond acceptors (Lipinski definition) is 6. The fourth-order valence-electron chi connectivity index (χ4n) is 4.42. The molecule has 9 heteroatoms. The highest BCUT2D eigenvalue weighted by atomic mass is 16.5. The van der Waals surface area contributed by atoms with Crippen molar-refractivity contribution >= 4 is 28.3 Å². The molecule has 0 spiro atoms. The normalized spacial score (nSPS) is 22.8. The van der Waals surface area contributed by atoms with Crippen LogP contribution >= 0.6 is 0 Å². The number of methoxy groups -OCH3 is 1. The van der Waals surface area contributed by atoms with Gasteiger partial charge in [0.25, 0.3) is 5.91 Å². The molecule has 2 aliphatic rings. The lowest BCUT2D eigenvalue weighted by molar-refractivity contribution is -0.894. The average Bonchev–Trinajstić information content (AvgIpc) is 3.51. The van der Waals surface area contributed by atoms with Crippen molar-refractivity contribution in [2.75, 3.05) is 17.7 Å². The molecule has 9 nitrogen and oxygen atoms in total. The Bertz CT molecular complexity index is 1190. The van der Waals surface area contributed by atoms with Crippen LogP contribution in [0.2, 0.25) is 0 Å². The van der Waals surface area contributed by atoms with Crippen LogP contribution in [0.3, 0.4) is 0 Å². The third-order valence-corrected chi connectivity index (χ3v) is 6.62. The van der Waals surface area contributed by atoms with Crippen LogP contribution in [0.5, 0.6) is 5.75 Å². The summed E-state index contributed by atoms with van der Waals surface area (Å²) in [5.41, 5.74) is 0.795. The minimum atomic E-state index is -0.598. The van der Waals surface area contributed by atoms with E-state index in [2.05, 4.69) is 10.6 Å². The molecule has 0 aliphatic heterocycles. The molecular formula is C24H30N5O4+. The van der Waals surface area contributed by atoms with Gasteiger partial charge in [0.15, 0.2) is 0 Å². The van der Waals surface area contributed by atoms with Crippen LogP contribution < -0.4 is 20.1 Å². The van der Waals surface area contributed by atoms with E-state index in [9.17, 15) is 15.1 Å². The van der Waals surface area contributed by atoms with Gasteiger partial charge in [-0.05, 0) is 68.4 Å². The molecule has 2 fully saturated rings. The van der Waals surface area contributed by atoms with Crippen molar-refractivity contribution in [3.05, 3.63) is 42.2 Å². The predicted octanol–water partition coefficient (Wildman–Crippen LogP) is 3.26. The molecule has 2 heterocycles. The number of nitrogens with one attached hydrogen (secondary N) is 2. The van der Waals surface area contributed by atoms with Crippen molar-refractivity contribution in [3.63, 3.8) is 0 Å². The minimum absolute atomic E-state index is 0.118. The monoisotopic (exact) mass is 452 g/mol. The van der Waals surface area contributed by atoms with E-state index in [1.807, 2.05) is 23.9 Å². The molecule has 3 aromatic rings. The fraction of sp³-hybridized carbons (Fsp3) is 0.458. The van der Waals surface area contributed by atoms with Crippen LogP contribution in [-0.2, 0) is 0 Å². The first-order chi connectivity index (χ1) is 15.8. The van der Waals surface area contributed by atoms with Crippen LogP contribution in [0.25, 0.3) is 10.9 Å². The van der Waals surface area contributed by atoms with E-state index in [1.165, 1.54) is 0 Å². The molecule has 5 rings (SSSR count). The van der Waals surface area contributed by atoms with Gasteiger partial charge in [0, 0.05) is 23.7 Å². The van der Waals surface area contributed by atoms with E-state index >= 15 is 0 Å². The lowest BCUT2D eigenvalue weighted by Gasteiger charge is -2.33. The van der Waals surface area contributed by atoms with Crippen LogP contribution in [0, 0.1) is 0 Å². The van der Waals surface area contributed by atoms with E-state index in [4.69, 9.17) is 9.84 Å². The van der Waals surface area contributed by atoms with E-state index in [0.29, 0.717) is 23.3 Å². The van der Waals surface area contributed by atoms with Crippen LogP contribution in [0.15, 0.2) is 36.5 Å². The number of carbonyl (C=O) groups is 1. The molecule has 1 amide bonds. The SMILES string of the molecule is COc1cc2nn([C@H]3CC[C@](C)(O)CC3)cc2cc1NC(=O)c1cccc(NC2CC2)[n+]1O. The number of rotatable bonds is 6. The maximum atomic E-state index is 13.0. The Morgan fingerprint density at radius 3 is 2.70 bits per heavy atom. The maximum Gasteiger partial charge on any atom is 0.315 e. The van der Waals surface area contributed by atoms with E-state index in [-0.39, 0.29) is 11.7 Å². The highest BCUT2D eigenvalue weighted by molar-refractivity contribution is 6.04. The Kier molecular flexibility index (Phi) is 5.36. The molecule has 0 bridgehead atoms. The van der Waals surface area contributed by atoms with Gasteiger partial charge in [-0.3, -0.25) is 14.8 Å². The van der Waals surface area contributed by atoms with Gasteiger partial charge in [0.2, 0.25) is 5.69 Å². The number of benzene rings is 1. The van der Waals surface area contributed by atoms with E-state index in [1.54, 1.807) is 31.4 Å². The van der Waals surface area contributed by atoms with Gasteiger partial charge in [-0.25, -0.2) is 0 Å². The van der Waals surface area contributed by atoms with Crippen LogP contribution in [-0.4, -0.2) is 44.8 Å². The van der Waals surface area contributed by atoms with Gasteiger partial charge in [0.05, 0.1) is 36.0 Å². The zero-order valence-corrected chi connectivity index (χ0v) is 18.9. The van der Waals surface area contributed by atoms with Crippen LogP contribution in [0.1, 0.15) is 62.0 Å². The summed E-state index contributed by atoms with van der Waals surface area (Å²) in [6.07, 6.45) is 7.31. The Morgan fingerprint density at radius 2 is 2.00 bits per heavy atom. The molecule has 2 aliphatic carbocycles. The summed E-state index contributed by atoms with van der Waals surface area (Å²) >= 11 is 0. The van der Waals surface area contributed by atoms with E-state index in [0.717, 1.165) is 54.2 Å².